The van der Waals surface area contributed by atoms with Crippen molar-refractivity contribution in [3.05, 3.63) is 45.7 Å². The molecule has 2 rings (SSSR count). The SMILES string of the molecule is COc1cnn(C(C)C)c1C(O)Cc1c(Cl)cccc1Cl. The Kier molecular flexibility index (Phi) is 5.14. The molecule has 114 valence electrons. The molecule has 0 amide bonds. The molecule has 1 unspecified atom stereocenters. The topological polar surface area (TPSA) is 47.3 Å². The molecular formula is C15H18Cl2N2O2. The fraction of sp³-hybridized carbons (Fsp3) is 0.400. The Bertz CT molecular complexity index is 606. The fourth-order valence-corrected chi connectivity index (χ4v) is 2.81. The van der Waals surface area contributed by atoms with Crippen LogP contribution in [0.15, 0.2) is 24.4 Å². The van der Waals surface area contributed by atoms with E-state index in [4.69, 9.17) is 27.9 Å². The first kappa shape index (κ1) is 16.1. The van der Waals surface area contributed by atoms with Crippen LogP contribution in [0, 0.1) is 0 Å². The highest BCUT2D eigenvalue weighted by molar-refractivity contribution is 6.36. The normalized spacial score (nSPS) is 12.7. The van der Waals surface area contributed by atoms with Gasteiger partial charge in [0.2, 0.25) is 0 Å². The van der Waals surface area contributed by atoms with Gasteiger partial charge in [-0.15, -0.1) is 0 Å². The minimum Gasteiger partial charge on any atom is -0.493 e. The second kappa shape index (κ2) is 6.69. The summed E-state index contributed by atoms with van der Waals surface area (Å²) in [5.41, 5.74) is 1.34. The smallest absolute Gasteiger partial charge is 0.162 e. The molecule has 0 aliphatic heterocycles. The van der Waals surface area contributed by atoms with Gasteiger partial charge in [-0.25, -0.2) is 0 Å². The Balaban J connectivity index is 2.36. The lowest BCUT2D eigenvalue weighted by atomic mass is 10.0. The van der Waals surface area contributed by atoms with Crippen molar-refractivity contribution in [2.75, 3.05) is 7.11 Å². The average molecular weight is 329 g/mol. The molecule has 21 heavy (non-hydrogen) atoms. The number of aliphatic hydroxyl groups is 1. The molecule has 1 heterocycles. The van der Waals surface area contributed by atoms with Gasteiger partial charge in [0.1, 0.15) is 11.8 Å². The van der Waals surface area contributed by atoms with E-state index >= 15 is 0 Å². The van der Waals surface area contributed by atoms with Crippen molar-refractivity contribution in [1.82, 2.24) is 9.78 Å². The Hall–Kier alpha value is -1.23. The van der Waals surface area contributed by atoms with Crippen LogP contribution in [-0.4, -0.2) is 22.0 Å². The Morgan fingerprint density at radius 2 is 1.90 bits per heavy atom. The Morgan fingerprint density at radius 3 is 2.43 bits per heavy atom. The maximum atomic E-state index is 10.6. The van der Waals surface area contributed by atoms with Crippen molar-refractivity contribution in [3.63, 3.8) is 0 Å². The van der Waals surface area contributed by atoms with Gasteiger partial charge in [-0.1, -0.05) is 29.3 Å². The first-order valence-electron chi connectivity index (χ1n) is 6.68. The standard InChI is InChI=1S/C15H18Cl2N2O2/c1-9(2)19-15(14(21-3)8-18-19)13(20)7-10-11(16)5-4-6-12(10)17/h4-6,8-9,13,20H,7H2,1-3H3. The number of ether oxygens (including phenoxy) is 1. The molecule has 0 saturated heterocycles. The van der Waals surface area contributed by atoms with Crippen LogP contribution in [0.1, 0.15) is 37.3 Å². The van der Waals surface area contributed by atoms with Crippen LogP contribution in [0.4, 0.5) is 0 Å². The summed E-state index contributed by atoms with van der Waals surface area (Å²) in [4.78, 5) is 0. The summed E-state index contributed by atoms with van der Waals surface area (Å²) in [6.07, 6.45) is 1.10. The second-order valence-electron chi connectivity index (χ2n) is 5.06. The van der Waals surface area contributed by atoms with Crippen LogP contribution in [0.25, 0.3) is 0 Å². The number of hydrogen-bond acceptors (Lipinski definition) is 3. The van der Waals surface area contributed by atoms with Gasteiger partial charge in [0, 0.05) is 22.5 Å². The highest BCUT2D eigenvalue weighted by Crippen LogP contribution is 2.33. The molecule has 0 radical (unpaired) electrons. The number of halogens is 2. The monoisotopic (exact) mass is 328 g/mol. The number of rotatable bonds is 5. The van der Waals surface area contributed by atoms with Gasteiger partial charge in [0.05, 0.1) is 13.3 Å². The summed E-state index contributed by atoms with van der Waals surface area (Å²) < 4.78 is 7.03. The number of aliphatic hydroxyl groups excluding tert-OH is 1. The van der Waals surface area contributed by atoms with E-state index in [0.717, 1.165) is 0 Å². The first-order chi connectivity index (χ1) is 9.95. The van der Waals surface area contributed by atoms with Gasteiger partial charge in [-0.2, -0.15) is 5.10 Å². The van der Waals surface area contributed by atoms with Gasteiger partial charge in [0.25, 0.3) is 0 Å². The van der Waals surface area contributed by atoms with Crippen molar-refractivity contribution in [3.8, 4) is 5.75 Å². The zero-order valence-electron chi connectivity index (χ0n) is 12.2. The maximum absolute atomic E-state index is 10.6. The first-order valence-corrected chi connectivity index (χ1v) is 7.43. The van der Waals surface area contributed by atoms with E-state index in [1.807, 2.05) is 13.8 Å². The third kappa shape index (κ3) is 3.34. The van der Waals surface area contributed by atoms with Crippen molar-refractivity contribution >= 4 is 23.2 Å². The van der Waals surface area contributed by atoms with Crippen LogP contribution in [-0.2, 0) is 6.42 Å². The van der Waals surface area contributed by atoms with Crippen LogP contribution >= 0.6 is 23.2 Å². The zero-order valence-corrected chi connectivity index (χ0v) is 13.7. The van der Waals surface area contributed by atoms with Gasteiger partial charge < -0.3 is 9.84 Å². The molecule has 0 saturated carbocycles. The summed E-state index contributed by atoms with van der Waals surface area (Å²) in [7, 11) is 1.56. The third-order valence-electron chi connectivity index (χ3n) is 3.28. The van der Waals surface area contributed by atoms with E-state index in [1.165, 1.54) is 0 Å². The highest BCUT2D eigenvalue weighted by atomic mass is 35.5. The number of nitrogens with zero attached hydrogens (tertiary/aromatic N) is 2. The summed E-state index contributed by atoms with van der Waals surface area (Å²) in [5.74, 6) is 0.555. The van der Waals surface area contributed by atoms with Crippen molar-refractivity contribution in [1.29, 1.82) is 0 Å². The number of hydrogen-bond donors (Lipinski definition) is 1. The van der Waals surface area contributed by atoms with Gasteiger partial charge in [-0.05, 0) is 31.5 Å². The average Bonchev–Trinajstić information content (AvgIpc) is 2.87. The van der Waals surface area contributed by atoms with Crippen LogP contribution in [0.2, 0.25) is 10.0 Å². The van der Waals surface area contributed by atoms with Crippen LogP contribution < -0.4 is 4.74 Å². The summed E-state index contributed by atoms with van der Waals surface area (Å²) >= 11 is 12.3. The molecular weight excluding hydrogens is 311 g/mol. The fourth-order valence-electron chi connectivity index (χ4n) is 2.26. The quantitative estimate of drug-likeness (QED) is 0.900. The predicted octanol–water partition coefficient (Wildman–Crippen LogP) is 4.06. The highest BCUT2D eigenvalue weighted by Gasteiger charge is 2.23. The van der Waals surface area contributed by atoms with Gasteiger partial charge in [0.15, 0.2) is 5.75 Å². The molecule has 1 aromatic heterocycles. The molecule has 0 fully saturated rings. The van der Waals surface area contributed by atoms with Crippen molar-refractivity contribution in [2.45, 2.75) is 32.4 Å². The third-order valence-corrected chi connectivity index (χ3v) is 3.99. The lowest BCUT2D eigenvalue weighted by Gasteiger charge is -2.18. The lowest BCUT2D eigenvalue weighted by molar-refractivity contribution is 0.160. The molecule has 0 spiro atoms. The maximum Gasteiger partial charge on any atom is 0.162 e. The molecule has 0 bridgehead atoms. The summed E-state index contributed by atoms with van der Waals surface area (Å²) in [5, 5.41) is 15.9. The van der Waals surface area contributed by atoms with Gasteiger partial charge >= 0.3 is 0 Å². The van der Waals surface area contributed by atoms with Crippen molar-refractivity contribution in [2.24, 2.45) is 0 Å². The minimum absolute atomic E-state index is 0.111. The Morgan fingerprint density at radius 1 is 1.29 bits per heavy atom. The second-order valence-corrected chi connectivity index (χ2v) is 5.87. The van der Waals surface area contributed by atoms with E-state index in [0.29, 0.717) is 33.5 Å². The van der Waals surface area contributed by atoms with E-state index in [2.05, 4.69) is 5.10 Å². The minimum atomic E-state index is -0.803. The molecule has 1 N–H and O–H groups in total. The Labute approximate surface area is 134 Å². The van der Waals surface area contributed by atoms with E-state index in [9.17, 15) is 5.11 Å². The molecule has 6 heteroatoms. The molecule has 1 aromatic carbocycles. The number of methoxy groups -OCH3 is 1. The molecule has 0 aliphatic rings. The summed E-state index contributed by atoms with van der Waals surface area (Å²) in [6, 6.07) is 5.40. The number of benzene rings is 1. The predicted molar refractivity (Wildman–Crippen MR) is 84.3 cm³/mol. The summed E-state index contributed by atoms with van der Waals surface area (Å²) in [6.45, 7) is 3.98. The number of aromatic nitrogens is 2. The van der Waals surface area contributed by atoms with Crippen LogP contribution in [0.3, 0.4) is 0 Å². The molecule has 2 aromatic rings. The van der Waals surface area contributed by atoms with E-state index in [1.54, 1.807) is 36.2 Å². The van der Waals surface area contributed by atoms with E-state index in [-0.39, 0.29) is 6.04 Å². The zero-order chi connectivity index (χ0) is 15.6. The van der Waals surface area contributed by atoms with E-state index < -0.39 is 6.10 Å². The molecule has 1 atom stereocenters. The van der Waals surface area contributed by atoms with Crippen molar-refractivity contribution < 1.29 is 9.84 Å². The van der Waals surface area contributed by atoms with Crippen LogP contribution in [0.5, 0.6) is 5.75 Å². The van der Waals surface area contributed by atoms with Gasteiger partial charge in [-0.3, -0.25) is 4.68 Å². The molecule has 0 aliphatic carbocycles. The largest absolute Gasteiger partial charge is 0.493 e. The molecule has 4 nitrogen and oxygen atoms in total. The lowest BCUT2D eigenvalue weighted by Crippen LogP contribution is -2.14.